The Kier molecular flexibility index (Phi) is 4.77. The number of benzene rings is 2. The third kappa shape index (κ3) is 3.38. The summed E-state index contributed by atoms with van der Waals surface area (Å²) in [5.74, 6) is 0.359. The summed E-state index contributed by atoms with van der Waals surface area (Å²) in [7, 11) is 0. The predicted molar refractivity (Wildman–Crippen MR) is 78.2 cm³/mol. The van der Waals surface area contributed by atoms with Gasteiger partial charge in [0.05, 0.1) is 6.61 Å². The van der Waals surface area contributed by atoms with Crippen LogP contribution < -0.4 is 4.74 Å². The van der Waals surface area contributed by atoms with E-state index in [0.29, 0.717) is 21.9 Å². The number of carbonyl (C=O) groups excluding carboxylic acids is 1. The van der Waals surface area contributed by atoms with Gasteiger partial charge >= 0.3 is 0 Å². The molecule has 1 N–H and O–H groups in total. The van der Waals surface area contributed by atoms with Gasteiger partial charge in [-0.2, -0.15) is 0 Å². The lowest BCUT2D eigenvalue weighted by Gasteiger charge is -2.16. The molecule has 0 fully saturated rings. The van der Waals surface area contributed by atoms with Crippen molar-refractivity contribution in [2.24, 2.45) is 0 Å². The number of Topliss-reactive ketones (excluding diaryl/α,β-unsaturated/α-hetero) is 1. The van der Waals surface area contributed by atoms with Gasteiger partial charge in [-0.15, -0.1) is 0 Å². The minimum atomic E-state index is -0.652. The lowest BCUT2D eigenvalue weighted by atomic mass is 10.1. The van der Waals surface area contributed by atoms with Crippen molar-refractivity contribution in [3.05, 3.63) is 64.7 Å². The number of halogens is 1. The molecule has 0 spiro atoms. The van der Waals surface area contributed by atoms with Crippen molar-refractivity contribution in [1.82, 2.24) is 0 Å². The second-order valence-electron chi connectivity index (χ2n) is 4.40. The van der Waals surface area contributed by atoms with Gasteiger partial charge in [-0.05, 0) is 25.1 Å². The zero-order valence-electron chi connectivity index (χ0n) is 11.0. The van der Waals surface area contributed by atoms with Gasteiger partial charge in [-0.25, -0.2) is 0 Å². The SMILES string of the molecule is CC(Oc1ccccc1CO)C(=O)c1cccc(Cl)c1. The standard InChI is InChI=1S/C16H15ClO3/c1-11(16(19)12-6-4-7-14(17)9-12)20-15-8-3-2-5-13(15)10-18/h2-9,11,18H,10H2,1H3. The number of hydrogen-bond acceptors (Lipinski definition) is 3. The van der Waals surface area contributed by atoms with E-state index in [1.54, 1.807) is 49.4 Å². The Labute approximate surface area is 122 Å². The quantitative estimate of drug-likeness (QED) is 0.858. The topological polar surface area (TPSA) is 46.5 Å². The fraction of sp³-hybridized carbons (Fsp3) is 0.188. The van der Waals surface area contributed by atoms with Crippen LogP contribution in [0.25, 0.3) is 0 Å². The first-order chi connectivity index (χ1) is 9.61. The summed E-state index contributed by atoms with van der Waals surface area (Å²) in [6, 6.07) is 13.8. The highest BCUT2D eigenvalue weighted by molar-refractivity contribution is 6.31. The van der Waals surface area contributed by atoms with Crippen molar-refractivity contribution in [2.75, 3.05) is 0 Å². The largest absolute Gasteiger partial charge is 0.482 e. The van der Waals surface area contributed by atoms with Crippen LogP contribution in [0.5, 0.6) is 5.75 Å². The molecule has 0 aliphatic carbocycles. The van der Waals surface area contributed by atoms with E-state index >= 15 is 0 Å². The molecule has 0 amide bonds. The van der Waals surface area contributed by atoms with E-state index in [-0.39, 0.29) is 12.4 Å². The number of hydrogen-bond donors (Lipinski definition) is 1. The van der Waals surface area contributed by atoms with Crippen LogP contribution in [0, 0.1) is 0 Å². The van der Waals surface area contributed by atoms with Crippen LogP contribution in [0.15, 0.2) is 48.5 Å². The van der Waals surface area contributed by atoms with Gasteiger partial charge in [0.1, 0.15) is 5.75 Å². The Hall–Kier alpha value is -1.84. The zero-order valence-corrected chi connectivity index (χ0v) is 11.8. The second-order valence-corrected chi connectivity index (χ2v) is 4.84. The molecule has 0 aliphatic heterocycles. The molecular formula is C16H15ClO3. The van der Waals surface area contributed by atoms with Crippen LogP contribution in [0.3, 0.4) is 0 Å². The maximum atomic E-state index is 12.3. The minimum Gasteiger partial charge on any atom is -0.482 e. The molecule has 1 unspecified atom stereocenters. The highest BCUT2D eigenvalue weighted by Crippen LogP contribution is 2.21. The van der Waals surface area contributed by atoms with Crippen molar-refractivity contribution in [2.45, 2.75) is 19.6 Å². The monoisotopic (exact) mass is 290 g/mol. The maximum Gasteiger partial charge on any atom is 0.203 e. The number of ketones is 1. The number of aliphatic hydroxyl groups is 1. The van der Waals surface area contributed by atoms with Crippen molar-refractivity contribution < 1.29 is 14.6 Å². The molecule has 0 aliphatic rings. The average Bonchev–Trinajstić information content (AvgIpc) is 2.47. The summed E-state index contributed by atoms with van der Waals surface area (Å²) in [5.41, 5.74) is 1.16. The second kappa shape index (κ2) is 6.55. The van der Waals surface area contributed by atoms with E-state index in [9.17, 15) is 9.90 Å². The fourth-order valence-corrected chi connectivity index (χ4v) is 2.06. The van der Waals surface area contributed by atoms with Crippen molar-refractivity contribution in [3.8, 4) is 5.75 Å². The third-order valence-corrected chi connectivity index (χ3v) is 3.16. The predicted octanol–water partition coefficient (Wildman–Crippen LogP) is 3.48. The Bertz CT molecular complexity index is 610. The summed E-state index contributed by atoms with van der Waals surface area (Å²) in [6.07, 6.45) is -0.652. The number of rotatable bonds is 5. The molecule has 0 heterocycles. The number of aliphatic hydroxyl groups excluding tert-OH is 1. The van der Waals surface area contributed by atoms with Crippen LogP contribution >= 0.6 is 11.6 Å². The van der Waals surface area contributed by atoms with Gasteiger partial charge in [0.25, 0.3) is 0 Å². The summed E-state index contributed by atoms with van der Waals surface area (Å²) in [4.78, 5) is 12.3. The van der Waals surface area contributed by atoms with Gasteiger partial charge in [0.15, 0.2) is 6.10 Å². The Morgan fingerprint density at radius 3 is 2.70 bits per heavy atom. The van der Waals surface area contributed by atoms with Crippen molar-refractivity contribution in [1.29, 1.82) is 0 Å². The first-order valence-corrected chi connectivity index (χ1v) is 6.65. The van der Waals surface area contributed by atoms with E-state index in [1.807, 2.05) is 6.07 Å². The smallest absolute Gasteiger partial charge is 0.203 e. The number of para-hydroxylation sites is 1. The van der Waals surface area contributed by atoms with Crippen LogP contribution in [-0.4, -0.2) is 17.0 Å². The van der Waals surface area contributed by atoms with Gasteiger partial charge in [-0.1, -0.05) is 41.9 Å². The number of carbonyl (C=O) groups is 1. The van der Waals surface area contributed by atoms with Crippen LogP contribution in [0.1, 0.15) is 22.8 Å². The van der Waals surface area contributed by atoms with Crippen LogP contribution in [0.2, 0.25) is 5.02 Å². The summed E-state index contributed by atoms with van der Waals surface area (Å²) in [6.45, 7) is 1.55. The Morgan fingerprint density at radius 2 is 2.00 bits per heavy atom. The lowest BCUT2D eigenvalue weighted by Crippen LogP contribution is -2.24. The van der Waals surface area contributed by atoms with Crippen molar-refractivity contribution >= 4 is 17.4 Å². The van der Waals surface area contributed by atoms with Gasteiger partial charge in [0, 0.05) is 16.1 Å². The molecule has 0 saturated heterocycles. The van der Waals surface area contributed by atoms with Gasteiger partial charge in [-0.3, -0.25) is 4.79 Å². The average molecular weight is 291 g/mol. The number of ether oxygens (including phenoxy) is 1. The lowest BCUT2D eigenvalue weighted by molar-refractivity contribution is 0.0814. The Balaban J connectivity index is 2.15. The van der Waals surface area contributed by atoms with E-state index in [0.717, 1.165) is 0 Å². The van der Waals surface area contributed by atoms with E-state index < -0.39 is 6.10 Å². The third-order valence-electron chi connectivity index (χ3n) is 2.93. The summed E-state index contributed by atoms with van der Waals surface area (Å²) in [5, 5.41) is 9.75. The molecule has 0 aromatic heterocycles. The molecule has 2 aromatic rings. The zero-order chi connectivity index (χ0) is 14.5. The molecule has 3 nitrogen and oxygen atoms in total. The fourth-order valence-electron chi connectivity index (χ4n) is 1.87. The Morgan fingerprint density at radius 1 is 1.25 bits per heavy atom. The molecule has 104 valence electrons. The highest BCUT2D eigenvalue weighted by atomic mass is 35.5. The molecule has 20 heavy (non-hydrogen) atoms. The summed E-state index contributed by atoms with van der Waals surface area (Å²) < 4.78 is 5.64. The molecule has 0 saturated carbocycles. The highest BCUT2D eigenvalue weighted by Gasteiger charge is 2.18. The van der Waals surface area contributed by atoms with Crippen LogP contribution in [0.4, 0.5) is 0 Å². The molecule has 4 heteroatoms. The first kappa shape index (κ1) is 14.6. The molecular weight excluding hydrogens is 276 g/mol. The molecule has 1 atom stereocenters. The minimum absolute atomic E-state index is 0.131. The normalized spacial score (nSPS) is 11.9. The van der Waals surface area contributed by atoms with E-state index in [1.165, 1.54) is 0 Å². The van der Waals surface area contributed by atoms with E-state index in [4.69, 9.17) is 16.3 Å². The maximum absolute atomic E-state index is 12.3. The van der Waals surface area contributed by atoms with Crippen molar-refractivity contribution in [3.63, 3.8) is 0 Å². The van der Waals surface area contributed by atoms with Gasteiger partial charge < -0.3 is 9.84 Å². The van der Waals surface area contributed by atoms with Crippen LogP contribution in [-0.2, 0) is 6.61 Å². The summed E-state index contributed by atoms with van der Waals surface area (Å²) >= 11 is 5.88. The molecule has 0 radical (unpaired) electrons. The van der Waals surface area contributed by atoms with Gasteiger partial charge in [0.2, 0.25) is 5.78 Å². The molecule has 2 aromatic carbocycles. The molecule has 0 bridgehead atoms. The van der Waals surface area contributed by atoms with E-state index in [2.05, 4.69) is 0 Å². The first-order valence-electron chi connectivity index (χ1n) is 6.27. The molecule has 2 rings (SSSR count).